The Kier molecular flexibility index (Phi) is 3.74. The molecule has 0 saturated heterocycles. The van der Waals surface area contributed by atoms with Crippen LogP contribution in [0.25, 0.3) is 11.0 Å². The zero-order valence-electron chi connectivity index (χ0n) is 12.0. The van der Waals surface area contributed by atoms with Crippen LogP contribution in [0.2, 0.25) is 0 Å². The first-order chi connectivity index (χ1) is 10.4. The lowest BCUT2D eigenvalue weighted by atomic mass is 10.2. The van der Waals surface area contributed by atoms with E-state index >= 15 is 0 Å². The van der Waals surface area contributed by atoms with E-state index in [0.717, 1.165) is 23.5 Å². The van der Waals surface area contributed by atoms with E-state index in [4.69, 9.17) is 0 Å². The predicted octanol–water partition coefficient (Wildman–Crippen LogP) is 3.76. The Labute approximate surface area is 129 Å². The Morgan fingerprint density at radius 3 is 2.59 bits per heavy atom. The van der Waals surface area contributed by atoms with Crippen molar-refractivity contribution < 1.29 is 13.6 Å². The molecule has 0 aliphatic heterocycles. The molecule has 7 heteroatoms. The molecule has 0 aliphatic rings. The number of nitrogens with one attached hydrogen (secondary N) is 2. The van der Waals surface area contributed by atoms with Gasteiger partial charge in [0.05, 0.1) is 16.8 Å². The van der Waals surface area contributed by atoms with Crippen LogP contribution in [0.1, 0.15) is 21.7 Å². The van der Waals surface area contributed by atoms with Crippen molar-refractivity contribution >= 4 is 28.6 Å². The lowest BCUT2D eigenvalue weighted by Crippen LogP contribution is -2.03. The zero-order chi connectivity index (χ0) is 15.9. The van der Waals surface area contributed by atoms with Crippen molar-refractivity contribution in [3.05, 3.63) is 46.8 Å². The molecule has 0 amide bonds. The molecule has 0 saturated carbocycles. The maximum absolute atomic E-state index is 13.2. The molecule has 0 fully saturated rings. The second kappa shape index (κ2) is 5.57. The molecule has 2 N–H and O–H groups in total. The fraction of sp³-hybridized carbons (Fsp3) is 0.200. The molecule has 2 heterocycles. The summed E-state index contributed by atoms with van der Waals surface area (Å²) < 4.78 is 26.3. The number of thioether (sulfide) groups is 1. The van der Waals surface area contributed by atoms with Gasteiger partial charge in [-0.25, -0.2) is 13.8 Å². The van der Waals surface area contributed by atoms with Crippen LogP contribution in [0.4, 0.5) is 8.78 Å². The van der Waals surface area contributed by atoms with Crippen LogP contribution >= 0.6 is 11.8 Å². The van der Waals surface area contributed by atoms with E-state index in [2.05, 4.69) is 15.0 Å². The minimum Gasteiger partial charge on any atom is -0.362 e. The van der Waals surface area contributed by atoms with Crippen molar-refractivity contribution in [3.63, 3.8) is 0 Å². The van der Waals surface area contributed by atoms with E-state index in [1.54, 1.807) is 0 Å². The lowest BCUT2D eigenvalue weighted by molar-refractivity contribution is 0.102. The number of hydrogen-bond donors (Lipinski definition) is 2. The number of aromatic nitrogens is 3. The van der Waals surface area contributed by atoms with Gasteiger partial charge >= 0.3 is 0 Å². The molecule has 0 atom stereocenters. The van der Waals surface area contributed by atoms with Crippen LogP contribution in [0, 0.1) is 25.5 Å². The number of ketones is 1. The highest BCUT2D eigenvalue weighted by molar-refractivity contribution is 7.99. The standard InChI is InChI=1S/C15H13F2N3OS/c1-7-3-9(8(2)18-7)14(21)6-22-15-19-12-4-10(16)11(17)5-13(12)20-15/h3-5,18H,6H2,1-2H3,(H,19,20). The van der Waals surface area contributed by atoms with E-state index in [1.807, 2.05) is 19.9 Å². The minimum atomic E-state index is -0.940. The number of fused-ring (bicyclic) bond motifs is 1. The molecule has 114 valence electrons. The van der Waals surface area contributed by atoms with Crippen LogP contribution in [0.5, 0.6) is 0 Å². The molecule has 0 bridgehead atoms. The average molecular weight is 321 g/mol. The van der Waals surface area contributed by atoms with Gasteiger partial charge in [-0.05, 0) is 19.9 Å². The van der Waals surface area contributed by atoms with E-state index in [0.29, 0.717) is 21.8 Å². The average Bonchev–Trinajstić information content (AvgIpc) is 2.99. The van der Waals surface area contributed by atoms with E-state index < -0.39 is 11.6 Å². The number of carbonyl (C=O) groups is 1. The first-order valence-corrected chi connectivity index (χ1v) is 7.59. The summed E-state index contributed by atoms with van der Waals surface area (Å²) in [7, 11) is 0. The summed E-state index contributed by atoms with van der Waals surface area (Å²) in [5, 5.41) is 0.457. The van der Waals surface area contributed by atoms with Gasteiger partial charge in [-0.15, -0.1) is 0 Å². The molecule has 0 unspecified atom stereocenters. The Hall–Kier alpha value is -2.15. The van der Waals surface area contributed by atoms with E-state index in [1.165, 1.54) is 11.8 Å². The molecule has 3 rings (SSSR count). The van der Waals surface area contributed by atoms with Crippen LogP contribution in [-0.4, -0.2) is 26.5 Å². The van der Waals surface area contributed by atoms with Gasteiger partial charge in [-0.3, -0.25) is 4.79 Å². The van der Waals surface area contributed by atoms with Crippen molar-refractivity contribution in [1.82, 2.24) is 15.0 Å². The zero-order valence-corrected chi connectivity index (χ0v) is 12.8. The topological polar surface area (TPSA) is 61.5 Å². The number of carbonyl (C=O) groups excluding carboxylic acids is 1. The first kappa shape index (κ1) is 14.8. The molecule has 0 aliphatic carbocycles. The quantitative estimate of drug-likeness (QED) is 0.568. The lowest BCUT2D eigenvalue weighted by Gasteiger charge is -1.98. The Morgan fingerprint density at radius 1 is 1.18 bits per heavy atom. The number of halogens is 2. The molecule has 3 aromatic rings. The summed E-state index contributed by atoms with van der Waals surface area (Å²) >= 11 is 1.20. The summed E-state index contributed by atoms with van der Waals surface area (Å²) in [6, 6.07) is 3.90. The molecular weight excluding hydrogens is 308 g/mol. The number of benzene rings is 1. The number of rotatable bonds is 4. The van der Waals surface area contributed by atoms with Gasteiger partial charge in [0.1, 0.15) is 0 Å². The van der Waals surface area contributed by atoms with Crippen molar-refractivity contribution in [2.75, 3.05) is 5.75 Å². The van der Waals surface area contributed by atoms with Gasteiger partial charge < -0.3 is 9.97 Å². The number of aryl methyl sites for hydroxylation is 2. The normalized spacial score (nSPS) is 11.3. The molecular formula is C15H13F2N3OS. The van der Waals surface area contributed by atoms with Gasteiger partial charge in [0.15, 0.2) is 22.6 Å². The second-order valence-corrected chi connectivity index (χ2v) is 5.99. The Morgan fingerprint density at radius 2 is 1.91 bits per heavy atom. The summed E-state index contributed by atoms with van der Waals surface area (Å²) in [6.07, 6.45) is 0. The van der Waals surface area contributed by atoms with Crippen LogP contribution in [0.3, 0.4) is 0 Å². The second-order valence-electron chi connectivity index (χ2n) is 5.03. The molecule has 1 aromatic carbocycles. The highest BCUT2D eigenvalue weighted by atomic mass is 32.2. The summed E-state index contributed by atoms with van der Waals surface area (Å²) in [6.45, 7) is 3.73. The fourth-order valence-corrected chi connectivity index (χ4v) is 3.04. The van der Waals surface area contributed by atoms with Crippen molar-refractivity contribution in [2.24, 2.45) is 0 Å². The minimum absolute atomic E-state index is 0.0235. The Balaban J connectivity index is 1.76. The largest absolute Gasteiger partial charge is 0.362 e. The monoisotopic (exact) mass is 321 g/mol. The maximum atomic E-state index is 13.2. The third-order valence-corrected chi connectivity index (χ3v) is 4.17. The van der Waals surface area contributed by atoms with Gasteiger partial charge in [0.2, 0.25) is 0 Å². The number of aromatic amines is 2. The molecule has 0 spiro atoms. The summed E-state index contributed by atoms with van der Waals surface area (Å²) in [4.78, 5) is 22.3. The Bertz CT molecular complexity index is 830. The first-order valence-electron chi connectivity index (χ1n) is 6.61. The van der Waals surface area contributed by atoms with Gasteiger partial charge in [0, 0.05) is 29.1 Å². The molecule has 0 radical (unpaired) electrons. The smallest absolute Gasteiger partial charge is 0.174 e. The van der Waals surface area contributed by atoms with Crippen LogP contribution in [0.15, 0.2) is 23.4 Å². The maximum Gasteiger partial charge on any atom is 0.174 e. The number of Topliss-reactive ketones (excluding diaryl/α,β-unsaturated/α-hetero) is 1. The van der Waals surface area contributed by atoms with Crippen LogP contribution < -0.4 is 0 Å². The van der Waals surface area contributed by atoms with Crippen LogP contribution in [-0.2, 0) is 0 Å². The SMILES string of the molecule is Cc1cc(C(=O)CSc2nc3cc(F)c(F)cc3[nH]2)c(C)[nH]1. The number of imidazole rings is 1. The molecule has 2 aromatic heterocycles. The molecule has 22 heavy (non-hydrogen) atoms. The predicted molar refractivity (Wildman–Crippen MR) is 81.3 cm³/mol. The molecule has 4 nitrogen and oxygen atoms in total. The fourth-order valence-electron chi connectivity index (χ4n) is 2.28. The number of hydrogen-bond acceptors (Lipinski definition) is 3. The van der Waals surface area contributed by atoms with Crippen molar-refractivity contribution in [3.8, 4) is 0 Å². The summed E-state index contributed by atoms with van der Waals surface area (Å²) in [5.41, 5.74) is 3.15. The highest BCUT2D eigenvalue weighted by Gasteiger charge is 2.14. The number of nitrogens with zero attached hydrogens (tertiary/aromatic N) is 1. The number of H-pyrrole nitrogens is 2. The third kappa shape index (κ3) is 2.76. The van der Waals surface area contributed by atoms with Gasteiger partial charge in [-0.2, -0.15) is 0 Å². The van der Waals surface area contributed by atoms with E-state index in [9.17, 15) is 13.6 Å². The van der Waals surface area contributed by atoms with Gasteiger partial charge in [0.25, 0.3) is 0 Å². The summed E-state index contributed by atoms with van der Waals surface area (Å²) in [5.74, 6) is -1.69. The highest BCUT2D eigenvalue weighted by Crippen LogP contribution is 2.23. The third-order valence-electron chi connectivity index (χ3n) is 3.29. The van der Waals surface area contributed by atoms with Crippen molar-refractivity contribution in [2.45, 2.75) is 19.0 Å². The van der Waals surface area contributed by atoms with E-state index in [-0.39, 0.29) is 11.5 Å². The van der Waals surface area contributed by atoms with Crippen molar-refractivity contribution in [1.29, 1.82) is 0 Å². The van der Waals surface area contributed by atoms with Gasteiger partial charge in [-0.1, -0.05) is 11.8 Å².